The van der Waals surface area contributed by atoms with Crippen LogP contribution in [0.3, 0.4) is 0 Å². The average molecular weight is 341 g/mol. The van der Waals surface area contributed by atoms with Crippen molar-refractivity contribution in [1.29, 1.82) is 0 Å². The largest absolute Gasteiger partial charge is 0.448 e. The van der Waals surface area contributed by atoms with Crippen molar-refractivity contribution < 1.29 is 14.3 Å². The predicted octanol–water partition coefficient (Wildman–Crippen LogP) is 3.37. The summed E-state index contributed by atoms with van der Waals surface area (Å²) in [5, 5.41) is 0. The lowest BCUT2D eigenvalue weighted by molar-refractivity contribution is -0.126. The number of thiophene rings is 1. The van der Waals surface area contributed by atoms with Gasteiger partial charge in [0, 0.05) is 17.1 Å². The first-order valence-corrected chi connectivity index (χ1v) is 9.17. The van der Waals surface area contributed by atoms with Gasteiger partial charge in [-0.2, -0.15) is 0 Å². The highest BCUT2D eigenvalue weighted by molar-refractivity contribution is 7.14. The molecule has 1 aliphatic heterocycles. The van der Waals surface area contributed by atoms with Crippen molar-refractivity contribution in [2.45, 2.75) is 38.7 Å². The van der Waals surface area contributed by atoms with E-state index in [1.54, 1.807) is 11.8 Å². The molecule has 124 valence electrons. The summed E-state index contributed by atoms with van der Waals surface area (Å²) >= 11 is 1.51. The molecule has 0 fully saturated rings. The third kappa shape index (κ3) is 2.63. The van der Waals surface area contributed by atoms with Crippen LogP contribution in [0.5, 0.6) is 0 Å². The highest BCUT2D eigenvalue weighted by atomic mass is 32.1. The molecule has 4 rings (SSSR count). The zero-order valence-corrected chi connectivity index (χ0v) is 14.4. The van der Waals surface area contributed by atoms with Crippen molar-refractivity contribution in [2.75, 3.05) is 11.4 Å². The third-order valence-corrected chi connectivity index (χ3v) is 5.95. The van der Waals surface area contributed by atoms with Crippen molar-refractivity contribution >= 4 is 28.9 Å². The summed E-state index contributed by atoms with van der Waals surface area (Å²) in [4.78, 5) is 28.6. The highest BCUT2D eigenvalue weighted by Crippen LogP contribution is 2.32. The summed E-state index contributed by atoms with van der Waals surface area (Å²) in [5.41, 5.74) is 3.36. The Bertz CT molecular complexity index is 789. The van der Waals surface area contributed by atoms with Crippen molar-refractivity contribution in [3.05, 3.63) is 51.2 Å². The number of carbonyl (C=O) groups is 2. The van der Waals surface area contributed by atoms with Crippen molar-refractivity contribution in [2.24, 2.45) is 0 Å². The average Bonchev–Trinajstić information content (AvgIpc) is 3.27. The molecule has 5 heteroatoms. The zero-order chi connectivity index (χ0) is 16.7. The van der Waals surface area contributed by atoms with Crippen LogP contribution in [0, 0.1) is 0 Å². The van der Waals surface area contributed by atoms with E-state index in [4.69, 9.17) is 4.74 Å². The number of rotatable bonds is 3. The lowest BCUT2D eigenvalue weighted by Gasteiger charge is -2.21. The molecule has 1 aromatic carbocycles. The maximum absolute atomic E-state index is 12.7. The fraction of sp³-hybridized carbons (Fsp3) is 0.368. The number of fused-ring (bicyclic) bond motifs is 2. The van der Waals surface area contributed by atoms with E-state index in [0.717, 1.165) is 24.9 Å². The fourth-order valence-electron chi connectivity index (χ4n) is 3.49. The molecule has 0 N–H and O–H groups in total. The van der Waals surface area contributed by atoms with Gasteiger partial charge < -0.3 is 9.64 Å². The third-order valence-electron chi connectivity index (χ3n) is 4.73. The number of carbonyl (C=O) groups excluding carboxylic acids is 2. The van der Waals surface area contributed by atoms with Crippen LogP contribution in [0.1, 0.15) is 39.0 Å². The molecule has 0 spiro atoms. The van der Waals surface area contributed by atoms with Crippen LogP contribution in [0.15, 0.2) is 30.3 Å². The van der Waals surface area contributed by atoms with E-state index in [1.807, 2.05) is 30.3 Å². The van der Waals surface area contributed by atoms with Crippen LogP contribution < -0.4 is 4.90 Å². The van der Waals surface area contributed by atoms with Crippen LogP contribution in [0.25, 0.3) is 0 Å². The first-order valence-electron chi connectivity index (χ1n) is 8.35. The van der Waals surface area contributed by atoms with E-state index < -0.39 is 6.10 Å². The number of nitrogens with zero attached hydrogens (tertiary/aromatic N) is 1. The second-order valence-electron chi connectivity index (χ2n) is 6.33. The Morgan fingerprint density at radius 2 is 2.00 bits per heavy atom. The number of hydrogen-bond donors (Lipinski definition) is 0. The molecule has 2 aromatic rings. The Kier molecular flexibility index (Phi) is 3.88. The Hall–Kier alpha value is -2.14. The highest BCUT2D eigenvalue weighted by Gasteiger charge is 2.30. The number of hydrogen-bond acceptors (Lipinski definition) is 4. The molecule has 0 saturated carbocycles. The summed E-state index contributed by atoms with van der Waals surface area (Å²) in [5.74, 6) is -0.542. The van der Waals surface area contributed by atoms with Crippen LogP contribution in [0.4, 0.5) is 5.69 Å². The van der Waals surface area contributed by atoms with Gasteiger partial charge in [0.15, 0.2) is 6.10 Å². The quantitative estimate of drug-likeness (QED) is 0.804. The van der Waals surface area contributed by atoms with Gasteiger partial charge in [-0.15, -0.1) is 11.3 Å². The van der Waals surface area contributed by atoms with Gasteiger partial charge in [0.25, 0.3) is 5.91 Å². The number of amides is 1. The number of ether oxygens (including phenoxy) is 1. The second-order valence-corrected chi connectivity index (χ2v) is 7.47. The van der Waals surface area contributed by atoms with Crippen LogP contribution in [-0.2, 0) is 28.8 Å². The molecule has 0 saturated heterocycles. The summed E-state index contributed by atoms with van der Waals surface area (Å²) in [6.07, 6.45) is 3.32. The van der Waals surface area contributed by atoms with E-state index in [2.05, 4.69) is 0 Å². The molecule has 24 heavy (non-hydrogen) atoms. The monoisotopic (exact) mass is 341 g/mol. The summed E-state index contributed by atoms with van der Waals surface area (Å²) in [6, 6.07) is 9.81. The lowest BCUT2D eigenvalue weighted by Crippen LogP contribution is -2.39. The van der Waals surface area contributed by atoms with Gasteiger partial charge in [-0.3, -0.25) is 4.79 Å². The molecule has 1 aromatic heterocycles. The van der Waals surface area contributed by atoms with Crippen molar-refractivity contribution in [3.63, 3.8) is 0 Å². The Balaban J connectivity index is 1.45. The van der Waals surface area contributed by atoms with Crippen molar-refractivity contribution in [3.8, 4) is 0 Å². The number of benzene rings is 1. The van der Waals surface area contributed by atoms with Gasteiger partial charge in [0.05, 0.1) is 0 Å². The molecule has 4 nitrogen and oxygen atoms in total. The number of esters is 1. The number of para-hydroxylation sites is 1. The van der Waals surface area contributed by atoms with Gasteiger partial charge >= 0.3 is 5.97 Å². The normalized spacial score (nSPS) is 16.6. The number of anilines is 1. The maximum atomic E-state index is 12.7. The minimum Gasteiger partial charge on any atom is -0.448 e. The molecule has 0 unspecified atom stereocenters. The zero-order valence-electron chi connectivity index (χ0n) is 13.6. The van der Waals surface area contributed by atoms with Gasteiger partial charge in [0.2, 0.25) is 0 Å². The summed E-state index contributed by atoms with van der Waals surface area (Å²) in [7, 11) is 0. The van der Waals surface area contributed by atoms with E-state index >= 15 is 0 Å². The SMILES string of the molecule is C[C@@H](OC(=O)c1cc2c(s1)CCC2)C(=O)N1CCc2ccccc21. The first-order chi connectivity index (χ1) is 11.6. The summed E-state index contributed by atoms with van der Waals surface area (Å²) in [6.45, 7) is 2.30. The Morgan fingerprint density at radius 1 is 1.17 bits per heavy atom. The van der Waals surface area contributed by atoms with Gasteiger partial charge in [0.1, 0.15) is 4.88 Å². The minimum atomic E-state index is -0.777. The fourth-order valence-corrected chi connectivity index (χ4v) is 4.62. The molecule has 1 atom stereocenters. The smallest absolute Gasteiger partial charge is 0.349 e. The molecule has 0 bridgehead atoms. The minimum absolute atomic E-state index is 0.155. The first kappa shape index (κ1) is 15.4. The second kappa shape index (κ2) is 6.06. The molecular weight excluding hydrogens is 322 g/mol. The topological polar surface area (TPSA) is 46.6 Å². The van der Waals surface area contributed by atoms with E-state index in [0.29, 0.717) is 11.4 Å². The van der Waals surface area contributed by atoms with Crippen LogP contribution in [-0.4, -0.2) is 24.5 Å². The number of aryl methyl sites for hydroxylation is 2. The van der Waals surface area contributed by atoms with E-state index in [1.165, 1.54) is 33.8 Å². The van der Waals surface area contributed by atoms with Gasteiger partial charge in [-0.05, 0) is 55.9 Å². The maximum Gasteiger partial charge on any atom is 0.349 e. The predicted molar refractivity (Wildman–Crippen MR) is 93.7 cm³/mol. The van der Waals surface area contributed by atoms with Crippen molar-refractivity contribution in [1.82, 2.24) is 0 Å². The Morgan fingerprint density at radius 3 is 2.83 bits per heavy atom. The standard InChI is InChI=1S/C19H19NO3S/c1-12(18(21)20-10-9-13-5-2-3-7-15(13)20)23-19(22)17-11-14-6-4-8-16(14)24-17/h2-3,5,7,11-12H,4,6,8-10H2,1H3/t12-/m1/s1. The molecule has 2 aliphatic rings. The van der Waals surface area contributed by atoms with E-state index in [9.17, 15) is 9.59 Å². The molecule has 1 aliphatic carbocycles. The summed E-state index contributed by atoms with van der Waals surface area (Å²) < 4.78 is 5.44. The Labute approximate surface area is 145 Å². The van der Waals surface area contributed by atoms with Crippen LogP contribution in [0.2, 0.25) is 0 Å². The van der Waals surface area contributed by atoms with Gasteiger partial charge in [-0.1, -0.05) is 18.2 Å². The van der Waals surface area contributed by atoms with Crippen LogP contribution >= 0.6 is 11.3 Å². The molecular formula is C19H19NO3S. The molecule has 2 heterocycles. The van der Waals surface area contributed by atoms with E-state index in [-0.39, 0.29) is 11.9 Å². The lowest BCUT2D eigenvalue weighted by atomic mass is 10.2. The molecule has 1 amide bonds. The molecule has 0 radical (unpaired) electrons. The van der Waals surface area contributed by atoms with Gasteiger partial charge in [-0.25, -0.2) is 4.79 Å².